The second kappa shape index (κ2) is 7.71. The third-order valence-corrected chi connectivity index (χ3v) is 5.03. The Hall–Kier alpha value is -2.37. The minimum absolute atomic E-state index is 0.0139. The van der Waals surface area contributed by atoms with Gasteiger partial charge in [-0.1, -0.05) is 35.3 Å². The fourth-order valence-corrected chi connectivity index (χ4v) is 3.39. The first kappa shape index (κ1) is 19.4. The fraction of sp³-hybridized carbons (Fsp3) is 0.200. The van der Waals surface area contributed by atoms with Crippen LogP contribution < -0.4 is 5.56 Å². The first-order valence-electron chi connectivity index (χ1n) is 8.28. The molecular weight excluding hydrogens is 390 g/mol. The topological polar surface area (TPSA) is 55.1 Å². The quantitative estimate of drug-likeness (QED) is 0.683. The molecule has 0 aliphatic rings. The Bertz CT molecular complexity index is 1060. The van der Waals surface area contributed by atoms with Crippen molar-refractivity contribution in [1.29, 1.82) is 0 Å². The van der Waals surface area contributed by atoms with Gasteiger partial charge in [0.05, 0.1) is 5.56 Å². The van der Waals surface area contributed by atoms with Crippen molar-refractivity contribution in [3.63, 3.8) is 0 Å². The van der Waals surface area contributed by atoms with Crippen LogP contribution in [0.1, 0.15) is 16.8 Å². The standard InChI is InChI=1S/C20H17Cl2FN2O2/c1-11-19(26)18(20(27)25(2)24-11)17-14(15(22)9-10-16(17)23)8-5-12-3-6-13(21)7-4-12/h3-4,6-7,9-10,26H,5,8H2,1-2H3. The van der Waals surface area contributed by atoms with Crippen molar-refractivity contribution in [2.75, 3.05) is 0 Å². The van der Waals surface area contributed by atoms with E-state index in [-0.39, 0.29) is 22.6 Å². The van der Waals surface area contributed by atoms with Crippen molar-refractivity contribution in [2.45, 2.75) is 19.8 Å². The first-order chi connectivity index (χ1) is 12.8. The molecule has 2 aromatic carbocycles. The second-order valence-corrected chi connectivity index (χ2v) is 7.09. The lowest BCUT2D eigenvalue weighted by Gasteiger charge is -2.15. The fourth-order valence-electron chi connectivity index (χ4n) is 3.02. The van der Waals surface area contributed by atoms with E-state index in [1.807, 2.05) is 12.1 Å². The molecule has 0 radical (unpaired) electrons. The van der Waals surface area contributed by atoms with Gasteiger partial charge in [0, 0.05) is 22.7 Å². The molecule has 3 aromatic rings. The minimum atomic E-state index is -0.622. The van der Waals surface area contributed by atoms with Crippen LogP contribution in [0.3, 0.4) is 0 Å². The molecule has 0 saturated carbocycles. The highest BCUT2D eigenvalue weighted by molar-refractivity contribution is 6.31. The van der Waals surface area contributed by atoms with Crippen molar-refractivity contribution in [1.82, 2.24) is 9.78 Å². The molecule has 0 atom stereocenters. The van der Waals surface area contributed by atoms with Crippen molar-refractivity contribution in [3.8, 4) is 16.9 Å². The highest BCUT2D eigenvalue weighted by atomic mass is 35.5. The summed E-state index contributed by atoms with van der Waals surface area (Å²) in [6, 6.07) is 9.95. The highest BCUT2D eigenvalue weighted by Crippen LogP contribution is 2.36. The van der Waals surface area contributed by atoms with Crippen LogP contribution in [-0.4, -0.2) is 14.9 Å². The van der Waals surface area contributed by atoms with E-state index in [0.29, 0.717) is 28.5 Å². The van der Waals surface area contributed by atoms with Crippen LogP contribution in [0.2, 0.25) is 10.0 Å². The number of nitrogens with zero attached hydrogens (tertiary/aromatic N) is 2. The number of aromatic nitrogens is 2. The zero-order valence-corrected chi connectivity index (χ0v) is 16.3. The van der Waals surface area contributed by atoms with Crippen molar-refractivity contribution < 1.29 is 9.50 Å². The largest absolute Gasteiger partial charge is 0.505 e. The van der Waals surface area contributed by atoms with Crippen LogP contribution in [0, 0.1) is 12.7 Å². The lowest BCUT2D eigenvalue weighted by molar-refractivity contribution is 0.460. The highest BCUT2D eigenvalue weighted by Gasteiger charge is 2.23. The average molecular weight is 407 g/mol. The average Bonchev–Trinajstić information content (AvgIpc) is 2.63. The number of halogens is 3. The van der Waals surface area contributed by atoms with Crippen LogP contribution in [0.4, 0.5) is 4.39 Å². The number of hydrogen-bond acceptors (Lipinski definition) is 3. The Balaban J connectivity index is 2.13. The summed E-state index contributed by atoms with van der Waals surface area (Å²) in [7, 11) is 1.45. The summed E-state index contributed by atoms with van der Waals surface area (Å²) < 4.78 is 15.8. The molecule has 0 aliphatic heterocycles. The van der Waals surface area contributed by atoms with Crippen molar-refractivity contribution >= 4 is 23.2 Å². The Morgan fingerprint density at radius 3 is 2.41 bits per heavy atom. The van der Waals surface area contributed by atoms with E-state index in [9.17, 15) is 14.3 Å². The first-order valence-corrected chi connectivity index (χ1v) is 9.03. The number of rotatable bonds is 4. The molecule has 7 heteroatoms. The molecule has 140 valence electrons. The predicted molar refractivity (Wildman–Crippen MR) is 105 cm³/mol. The Morgan fingerprint density at radius 1 is 1.07 bits per heavy atom. The molecule has 0 amide bonds. The normalized spacial score (nSPS) is 11.0. The summed E-state index contributed by atoms with van der Waals surface area (Å²) >= 11 is 12.2. The smallest absolute Gasteiger partial charge is 0.278 e. The summed E-state index contributed by atoms with van der Waals surface area (Å²) in [5.74, 6) is -0.962. The van der Waals surface area contributed by atoms with Gasteiger partial charge in [-0.15, -0.1) is 0 Å². The monoisotopic (exact) mass is 406 g/mol. The minimum Gasteiger partial charge on any atom is -0.505 e. The Morgan fingerprint density at radius 2 is 1.74 bits per heavy atom. The van der Waals surface area contributed by atoms with Gasteiger partial charge in [-0.05, 0) is 55.2 Å². The number of aromatic hydroxyl groups is 1. The van der Waals surface area contributed by atoms with E-state index >= 15 is 0 Å². The molecule has 1 heterocycles. The molecular formula is C20H17Cl2FN2O2. The molecule has 0 fully saturated rings. The van der Waals surface area contributed by atoms with E-state index in [0.717, 1.165) is 10.2 Å². The predicted octanol–water partition coefficient (Wildman–Crippen LogP) is 4.69. The lowest BCUT2D eigenvalue weighted by Crippen LogP contribution is -2.23. The number of benzene rings is 2. The van der Waals surface area contributed by atoms with Gasteiger partial charge in [0.25, 0.3) is 5.56 Å². The van der Waals surface area contributed by atoms with Crippen LogP contribution in [0.15, 0.2) is 41.2 Å². The summed E-state index contributed by atoms with van der Waals surface area (Å²) in [5, 5.41) is 15.3. The molecule has 0 saturated heterocycles. The SMILES string of the molecule is Cc1nn(C)c(=O)c(-c2c(F)ccc(Cl)c2CCc2ccc(Cl)cc2)c1O. The van der Waals surface area contributed by atoms with Gasteiger partial charge in [-0.3, -0.25) is 4.79 Å². The third-order valence-electron chi connectivity index (χ3n) is 4.42. The zero-order valence-electron chi connectivity index (χ0n) is 14.8. The van der Waals surface area contributed by atoms with Crippen molar-refractivity contribution in [2.24, 2.45) is 7.05 Å². The van der Waals surface area contributed by atoms with E-state index < -0.39 is 11.4 Å². The summed E-state index contributed by atoms with van der Waals surface area (Å²) in [6.07, 6.45) is 0.954. The van der Waals surface area contributed by atoms with Crippen LogP contribution >= 0.6 is 23.2 Å². The molecule has 0 unspecified atom stereocenters. The molecule has 3 rings (SSSR count). The molecule has 0 aliphatic carbocycles. The van der Waals surface area contributed by atoms with Crippen molar-refractivity contribution in [3.05, 3.63) is 79.4 Å². The lowest BCUT2D eigenvalue weighted by atomic mass is 9.94. The van der Waals surface area contributed by atoms with Gasteiger partial charge in [-0.25, -0.2) is 9.07 Å². The molecule has 0 spiro atoms. The van der Waals surface area contributed by atoms with E-state index in [2.05, 4.69) is 5.10 Å². The maximum absolute atomic E-state index is 14.8. The van der Waals surface area contributed by atoms with E-state index in [1.54, 1.807) is 19.1 Å². The van der Waals surface area contributed by atoms with Gasteiger partial charge in [-0.2, -0.15) is 5.10 Å². The summed E-state index contributed by atoms with van der Waals surface area (Å²) in [5.41, 5.74) is 0.983. The van der Waals surface area contributed by atoms with Crippen LogP contribution in [0.5, 0.6) is 5.75 Å². The summed E-state index contributed by atoms with van der Waals surface area (Å²) in [6.45, 7) is 1.55. The Kier molecular flexibility index (Phi) is 5.53. The molecule has 1 N–H and O–H groups in total. The van der Waals surface area contributed by atoms with Gasteiger partial charge < -0.3 is 5.11 Å². The van der Waals surface area contributed by atoms with Gasteiger partial charge in [0.2, 0.25) is 0 Å². The van der Waals surface area contributed by atoms with Gasteiger partial charge in [0.1, 0.15) is 11.5 Å². The number of hydrogen-bond donors (Lipinski definition) is 1. The third kappa shape index (κ3) is 3.84. The van der Waals surface area contributed by atoms with Crippen LogP contribution in [0.25, 0.3) is 11.1 Å². The molecule has 0 bridgehead atoms. The summed E-state index contributed by atoms with van der Waals surface area (Å²) in [4.78, 5) is 12.6. The Labute approximate surface area is 165 Å². The zero-order chi connectivity index (χ0) is 19.7. The molecule has 27 heavy (non-hydrogen) atoms. The maximum atomic E-state index is 14.8. The van der Waals surface area contributed by atoms with Gasteiger partial charge in [0.15, 0.2) is 5.75 Å². The number of aryl methyl sites for hydroxylation is 3. The molecule has 1 aromatic heterocycles. The van der Waals surface area contributed by atoms with E-state index in [4.69, 9.17) is 23.2 Å². The molecule has 4 nitrogen and oxygen atoms in total. The van der Waals surface area contributed by atoms with Crippen LogP contribution in [-0.2, 0) is 19.9 Å². The van der Waals surface area contributed by atoms with E-state index in [1.165, 1.54) is 19.2 Å². The van der Waals surface area contributed by atoms with Gasteiger partial charge >= 0.3 is 0 Å². The second-order valence-electron chi connectivity index (χ2n) is 6.25. The maximum Gasteiger partial charge on any atom is 0.278 e.